The van der Waals surface area contributed by atoms with Crippen molar-refractivity contribution in [2.24, 2.45) is 20.7 Å². The van der Waals surface area contributed by atoms with E-state index in [4.69, 9.17) is 25.4 Å². The van der Waals surface area contributed by atoms with Gasteiger partial charge in [-0.25, -0.2) is 4.39 Å². The normalized spacial score (nSPS) is 20.2. The number of likely N-dealkylation sites (N-methyl/N-ethyl adjacent to an activating group) is 1. The highest BCUT2D eigenvalue weighted by Crippen LogP contribution is 2.40. The van der Waals surface area contributed by atoms with Crippen molar-refractivity contribution >= 4 is 39.5 Å². The Balaban J connectivity index is 1.77. The van der Waals surface area contributed by atoms with E-state index < -0.39 is 0 Å². The van der Waals surface area contributed by atoms with Crippen LogP contribution in [0.15, 0.2) is 91.8 Å². The van der Waals surface area contributed by atoms with Crippen LogP contribution in [0.25, 0.3) is 16.3 Å². The molecule has 5 rings (SSSR count). The van der Waals surface area contributed by atoms with Crippen molar-refractivity contribution in [1.29, 1.82) is 0 Å². The molecule has 0 saturated carbocycles. The van der Waals surface area contributed by atoms with Gasteiger partial charge in [0.15, 0.2) is 0 Å². The number of aromatic hydroxyl groups is 1. The van der Waals surface area contributed by atoms with Gasteiger partial charge in [0.2, 0.25) is 5.88 Å². The van der Waals surface area contributed by atoms with Gasteiger partial charge in [0, 0.05) is 56.0 Å². The second-order valence-electron chi connectivity index (χ2n) is 14.8. The smallest absolute Gasteiger partial charge is 0.269 e. The average molecular weight is 752 g/mol. The number of ether oxygens (including phenoxy) is 1. The molecule has 10 nitrogen and oxygen atoms in total. The van der Waals surface area contributed by atoms with Gasteiger partial charge in [-0.1, -0.05) is 32.4 Å². The van der Waals surface area contributed by atoms with Crippen LogP contribution < -0.4 is 11.1 Å². The molecule has 4 N–H and O–H groups in total. The zero-order chi connectivity index (χ0) is 39.8. The van der Waals surface area contributed by atoms with E-state index >= 15 is 4.39 Å². The number of aryl methyl sites for hydroxylation is 1. The van der Waals surface area contributed by atoms with Gasteiger partial charge in [0.1, 0.15) is 24.0 Å². The summed E-state index contributed by atoms with van der Waals surface area (Å²) in [5.41, 5.74) is 12.6. The predicted molar refractivity (Wildman–Crippen MR) is 224 cm³/mol. The van der Waals surface area contributed by atoms with Crippen LogP contribution in [0.4, 0.5) is 4.39 Å². The highest BCUT2D eigenvalue weighted by molar-refractivity contribution is 6.39. The number of aliphatic imine (C=N–C) groups is 3. The van der Waals surface area contributed by atoms with Gasteiger partial charge < -0.3 is 30.7 Å². The molecule has 1 amide bonds. The third-order valence-corrected chi connectivity index (χ3v) is 9.94. The molecule has 294 valence electrons. The molecule has 11 heteroatoms. The molecule has 1 saturated heterocycles. The quantitative estimate of drug-likeness (QED) is 0.0908. The fourth-order valence-electron chi connectivity index (χ4n) is 7.12. The molecule has 1 unspecified atom stereocenters. The SMILES string of the molecule is C/C=C1\C(=NC(C)C)C(c2cc(O)cc3ccc(F)c(CC)c23)=CC(C)=C1/C(=N\C(=C\CCC)OCC1CCN1)N1CCCN=C(/C=C(\N)C(=O)N(C)C)C1. The van der Waals surface area contributed by atoms with E-state index in [0.29, 0.717) is 55.7 Å². The van der Waals surface area contributed by atoms with E-state index in [1.807, 2.05) is 27.7 Å². The first-order chi connectivity index (χ1) is 26.4. The number of unbranched alkanes of at least 4 members (excludes halogenated alkanes) is 1. The lowest BCUT2D eigenvalue weighted by atomic mass is 9.80. The summed E-state index contributed by atoms with van der Waals surface area (Å²) < 4.78 is 21.9. The van der Waals surface area contributed by atoms with E-state index in [0.717, 1.165) is 76.6 Å². The minimum Gasteiger partial charge on any atom is -0.508 e. The number of hydrogen-bond donors (Lipinski definition) is 3. The van der Waals surface area contributed by atoms with Gasteiger partial charge in [-0.15, -0.1) is 0 Å². The zero-order valence-electron chi connectivity index (χ0n) is 33.8. The summed E-state index contributed by atoms with van der Waals surface area (Å²) in [6, 6.07) is 6.79. The number of fused-ring (bicyclic) bond motifs is 1. The average Bonchev–Trinajstić information content (AvgIpc) is 3.36. The number of nitrogens with two attached hydrogens (primary N) is 1. The number of carbonyl (C=O) groups excluding carboxylic acids is 1. The van der Waals surface area contributed by atoms with E-state index in [9.17, 15) is 9.90 Å². The number of hydrogen-bond acceptors (Lipinski definition) is 8. The Bertz CT molecular complexity index is 2030. The van der Waals surface area contributed by atoms with E-state index in [1.165, 1.54) is 11.0 Å². The van der Waals surface area contributed by atoms with Crippen molar-refractivity contribution in [2.45, 2.75) is 85.7 Å². The Morgan fingerprint density at radius 2 is 2.02 bits per heavy atom. The third kappa shape index (κ3) is 9.62. The fourth-order valence-corrected chi connectivity index (χ4v) is 7.12. The third-order valence-electron chi connectivity index (χ3n) is 9.94. The molecule has 0 bridgehead atoms. The summed E-state index contributed by atoms with van der Waals surface area (Å²) >= 11 is 0. The van der Waals surface area contributed by atoms with Gasteiger partial charge in [-0.3, -0.25) is 14.8 Å². The van der Waals surface area contributed by atoms with Crippen LogP contribution >= 0.6 is 0 Å². The van der Waals surface area contributed by atoms with Crippen molar-refractivity contribution in [3.8, 4) is 5.75 Å². The Hall–Kier alpha value is -5.03. The highest BCUT2D eigenvalue weighted by Gasteiger charge is 2.32. The summed E-state index contributed by atoms with van der Waals surface area (Å²) in [4.78, 5) is 31.9. The maximum atomic E-state index is 15.4. The summed E-state index contributed by atoms with van der Waals surface area (Å²) in [7, 11) is 3.35. The molecule has 2 aromatic carbocycles. The van der Waals surface area contributed by atoms with Gasteiger partial charge in [0.05, 0.1) is 23.7 Å². The first-order valence-corrected chi connectivity index (χ1v) is 19.6. The maximum Gasteiger partial charge on any atom is 0.269 e. The maximum absolute atomic E-state index is 15.4. The number of carbonyl (C=O) groups is 1. The molecule has 0 spiro atoms. The molecule has 0 aromatic heterocycles. The van der Waals surface area contributed by atoms with Crippen molar-refractivity contribution in [2.75, 3.05) is 46.9 Å². The number of amides is 1. The molecular formula is C44H58FN7O3. The lowest BCUT2D eigenvalue weighted by Gasteiger charge is -2.32. The molecule has 0 radical (unpaired) electrons. The van der Waals surface area contributed by atoms with E-state index in [-0.39, 0.29) is 35.3 Å². The standard InChI is InChI=1S/C44H58FN7O3/c1-9-12-14-39(55-26-30-17-19-48-30)50-43(52-20-13-18-47-31(25-52)23-38(46)44(54)51(7)8)40-28(6)21-36(42(34(40)11-3)49-27(4)5)35-24-32(53)22-29-15-16-37(45)33(10-2)41(29)35/h11,14-16,21-24,27,30,48,53H,9-10,12-13,17-20,25-26,46H2,1-8H3/b34-11-,38-23-,39-14-,49-42?,50-43+. The van der Waals surface area contributed by atoms with Crippen LogP contribution in [0.3, 0.4) is 0 Å². The second kappa shape index (κ2) is 18.5. The first kappa shape index (κ1) is 41.1. The van der Waals surface area contributed by atoms with Gasteiger partial charge in [-0.05, 0) is 124 Å². The second-order valence-corrected chi connectivity index (χ2v) is 14.8. The zero-order valence-corrected chi connectivity index (χ0v) is 33.8. The largest absolute Gasteiger partial charge is 0.508 e. The van der Waals surface area contributed by atoms with Gasteiger partial charge in [-0.2, -0.15) is 4.99 Å². The molecule has 3 aliphatic rings. The minimum absolute atomic E-state index is 0.0862. The minimum atomic E-state index is -0.282. The topological polar surface area (TPSA) is 128 Å². The van der Waals surface area contributed by atoms with Crippen molar-refractivity contribution in [3.63, 3.8) is 0 Å². The van der Waals surface area contributed by atoms with Gasteiger partial charge in [0.25, 0.3) is 5.91 Å². The van der Waals surface area contributed by atoms with Crippen molar-refractivity contribution in [1.82, 2.24) is 15.1 Å². The number of phenols is 1. The van der Waals surface area contributed by atoms with Crippen LogP contribution in [0.1, 0.15) is 78.4 Å². The summed E-state index contributed by atoms with van der Waals surface area (Å²) in [5.74, 6) is 0.773. The molecule has 55 heavy (non-hydrogen) atoms. The molecular weight excluding hydrogens is 694 g/mol. The fraction of sp³-hybridized carbons (Fsp3) is 0.455. The predicted octanol–water partition coefficient (Wildman–Crippen LogP) is 7.25. The number of nitrogens with one attached hydrogen (secondary N) is 1. The van der Waals surface area contributed by atoms with Crippen molar-refractivity contribution < 1.29 is 19.0 Å². The van der Waals surface area contributed by atoms with Gasteiger partial charge >= 0.3 is 0 Å². The van der Waals surface area contributed by atoms with Crippen LogP contribution in [0.5, 0.6) is 5.75 Å². The van der Waals surface area contributed by atoms with Crippen LogP contribution in [-0.4, -0.2) is 97.0 Å². The Kier molecular flexibility index (Phi) is 13.9. The molecule has 2 aliphatic heterocycles. The van der Waals surface area contributed by atoms with E-state index in [1.54, 1.807) is 38.4 Å². The lowest BCUT2D eigenvalue weighted by molar-refractivity contribution is -0.124. The Labute approximate surface area is 325 Å². The number of halogens is 1. The van der Waals surface area contributed by atoms with Crippen LogP contribution in [0.2, 0.25) is 0 Å². The van der Waals surface area contributed by atoms with Crippen molar-refractivity contribution in [3.05, 3.63) is 93.8 Å². The molecule has 1 fully saturated rings. The van der Waals surface area contributed by atoms with E-state index in [2.05, 4.69) is 42.3 Å². The number of benzene rings is 2. The van der Waals surface area contributed by atoms with Crippen LogP contribution in [-0.2, 0) is 16.0 Å². The number of phenolic OH excluding ortho intramolecular Hbond substituents is 1. The van der Waals surface area contributed by atoms with Crippen LogP contribution in [0, 0.1) is 5.82 Å². The summed E-state index contributed by atoms with van der Waals surface area (Å²) in [5, 5.41) is 16.0. The number of rotatable bonds is 12. The summed E-state index contributed by atoms with van der Waals surface area (Å²) in [6.07, 6.45) is 11.9. The molecule has 2 aromatic rings. The summed E-state index contributed by atoms with van der Waals surface area (Å²) in [6.45, 7) is 15.3. The molecule has 2 heterocycles. The first-order valence-electron chi connectivity index (χ1n) is 19.6. The Morgan fingerprint density at radius 1 is 1.25 bits per heavy atom. The number of amidine groups is 1. The molecule has 1 aliphatic carbocycles. The number of nitrogens with zero attached hydrogens (tertiary/aromatic N) is 5. The highest BCUT2D eigenvalue weighted by atomic mass is 19.1. The number of allylic oxidation sites excluding steroid dienone is 5. The monoisotopic (exact) mass is 751 g/mol. The Morgan fingerprint density at radius 3 is 2.65 bits per heavy atom. The lowest BCUT2D eigenvalue weighted by Crippen LogP contribution is -2.45. The molecule has 1 atom stereocenters.